The molecule has 0 saturated carbocycles. The minimum Gasteiger partial charge on any atom is -0.330 e. The van der Waals surface area contributed by atoms with Gasteiger partial charge in [0.05, 0.1) is 4.47 Å². The first-order valence-electron chi connectivity index (χ1n) is 6.89. The molecule has 1 aromatic carbocycles. The van der Waals surface area contributed by atoms with Gasteiger partial charge in [-0.15, -0.1) is 0 Å². The Labute approximate surface area is 128 Å². The third-order valence-electron chi connectivity index (χ3n) is 3.43. The number of halogens is 2. The second kappa shape index (κ2) is 8.37. The SMILES string of the molecule is CC(C)C(CCN)CCC(=O)Nc1ccc(F)c(Br)c1. The molecule has 0 bridgehead atoms. The van der Waals surface area contributed by atoms with Crippen LogP contribution in [0, 0.1) is 17.7 Å². The van der Waals surface area contributed by atoms with Gasteiger partial charge < -0.3 is 11.1 Å². The van der Waals surface area contributed by atoms with Gasteiger partial charge in [-0.25, -0.2) is 4.39 Å². The highest BCUT2D eigenvalue weighted by Gasteiger charge is 2.14. The van der Waals surface area contributed by atoms with Crippen LogP contribution < -0.4 is 11.1 Å². The number of carbonyl (C=O) groups excluding carboxylic acids is 1. The Morgan fingerprint density at radius 3 is 2.65 bits per heavy atom. The molecule has 0 spiro atoms. The minimum atomic E-state index is -0.342. The first-order valence-corrected chi connectivity index (χ1v) is 7.68. The van der Waals surface area contributed by atoms with Gasteiger partial charge in [0.2, 0.25) is 5.91 Å². The second-order valence-electron chi connectivity index (χ2n) is 5.30. The molecule has 0 radical (unpaired) electrons. The topological polar surface area (TPSA) is 55.1 Å². The van der Waals surface area contributed by atoms with E-state index < -0.39 is 0 Å². The number of carbonyl (C=O) groups is 1. The van der Waals surface area contributed by atoms with E-state index in [-0.39, 0.29) is 11.7 Å². The molecule has 5 heteroatoms. The average Bonchev–Trinajstić information content (AvgIpc) is 2.38. The van der Waals surface area contributed by atoms with E-state index in [9.17, 15) is 9.18 Å². The Hall–Kier alpha value is -0.940. The highest BCUT2D eigenvalue weighted by atomic mass is 79.9. The van der Waals surface area contributed by atoms with E-state index >= 15 is 0 Å². The molecule has 1 unspecified atom stereocenters. The molecule has 0 aliphatic carbocycles. The molecule has 1 rings (SSSR count). The Morgan fingerprint density at radius 1 is 1.40 bits per heavy atom. The van der Waals surface area contributed by atoms with Crippen molar-refractivity contribution in [3.63, 3.8) is 0 Å². The molecule has 1 amide bonds. The van der Waals surface area contributed by atoms with Crippen LogP contribution in [0.1, 0.15) is 33.1 Å². The Balaban J connectivity index is 2.48. The number of benzene rings is 1. The van der Waals surface area contributed by atoms with Crippen molar-refractivity contribution >= 4 is 27.5 Å². The second-order valence-corrected chi connectivity index (χ2v) is 6.15. The van der Waals surface area contributed by atoms with E-state index in [0.29, 0.717) is 35.0 Å². The summed E-state index contributed by atoms with van der Waals surface area (Å²) in [6.07, 6.45) is 2.22. The fraction of sp³-hybridized carbons (Fsp3) is 0.533. The maximum Gasteiger partial charge on any atom is 0.224 e. The summed E-state index contributed by atoms with van der Waals surface area (Å²) in [6, 6.07) is 4.44. The van der Waals surface area contributed by atoms with Crippen molar-refractivity contribution < 1.29 is 9.18 Å². The molecule has 1 atom stereocenters. The van der Waals surface area contributed by atoms with Crippen LogP contribution in [-0.2, 0) is 4.79 Å². The number of hydrogen-bond donors (Lipinski definition) is 2. The van der Waals surface area contributed by atoms with Crippen LogP contribution in [0.3, 0.4) is 0 Å². The molecule has 0 aromatic heterocycles. The van der Waals surface area contributed by atoms with Crippen molar-refractivity contribution in [3.05, 3.63) is 28.5 Å². The molecule has 0 aliphatic rings. The van der Waals surface area contributed by atoms with Crippen LogP contribution in [0.2, 0.25) is 0 Å². The molecule has 112 valence electrons. The van der Waals surface area contributed by atoms with Gasteiger partial charge in [-0.1, -0.05) is 13.8 Å². The number of nitrogens with two attached hydrogens (primary N) is 1. The number of amides is 1. The summed E-state index contributed by atoms with van der Waals surface area (Å²) < 4.78 is 13.4. The van der Waals surface area contributed by atoms with E-state index in [1.54, 1.807) is 12.1 Å². The van der Waals surface area contributed by atoms with Crippen molar-refractivity contribution in [3.8, 4) is 0 Å². The van der Waals surface area contributed by atoms with Crippen LogP contribution in [0.5, 0.6) is 0 Å². The van der Waals surface area contributed by atoms with Gasteiger partial charge >= 0.3 is 0 Å². The maximum absolute atomic E-state index is 13.1. The Morgan fingerprint density at radius 2 is 2.10 bits per heavy atom. The largest absolute Gasteiger partial charge is 0.330 e. The quantitative estimate of drug-likeness (QED) is 0.787. The summed E-state index contributed by atoms with van der Waals surface area (Å²) in [5.41, 5.74) is 6.19. The first-order chi connectivity index (χ1) is 9.43. The van der Waals surface area contributed by atoms with Crippen molar-refractivity contribution in [1.29, 1.82) is 0 Å². The summed E-state index contributed by atoms with van der Waals surface area (Å²) in [6.45, 7) is 4.94. The molecular weight excluding hydrogens is 323 g/mol. The van der Waals surface area contributed by atoms with Crippen LogP contribution >= 0.6 is 15.9 Å². The molecule has 0 heterocycles. The zero-order valence-electron chi connectivity index (χ0n) is 12.0. The number of nitrogens with one attached hydrogen (secondary N) is 1. The number of hydrogen-bond acceptors (Lipinski definition) is 2. The van der Waals surface area contributed by atoms with Crippen LogP contribution in [-0.4, -0.2) is 12.5 Å². The van der Waals surface area contributed by atoms with E-state index in [1.165, 1.54) is 6.07 Å². The maximum atomic E-state index is 13.1. The summed E-state index contributed by atoms with van der Waals surface area (Å²) in [4.78, 5) is 11.9. The van der Waals surface area contributed by atoms with E-state index in [4.69, 9.17) is 5.73 Å². The van der Waals surface area contributed by atoms with Gasteiger partial charge in [0.1, 0.15) is 5.82 Å². The van der Waals surface area contributed by atoms with E-state index in [2.05, 4.69) is 35.1 Å². The third-order valence-corrected chi connectivity index (χ3v) is 4.03. The van der Waals surface area contributed by atoms with Crippen LogP contribution in [0.15, 0.2) is 22.7 Å². The third kappa shape index (κ3) is 5.59. The first kappa shape index (κ1) is 17.1. The lowest BCUT2D eigenvalue weighted by Gasteiger charge is -2.19. The Bertz CT molecular complexity index is 451. The Kier molecular flexibility index (Phi) is 7.16. The van der Waals surface area contributed by atoms with E-state index in [0.717, 1.165) is 12.8 Å². The average molecular weight is 345 g/mol. The molecule has 0 saturated heterocycles. The molecule has 3 N–H and O–H groups in total. The van der Waals surface area contributed by atoms with Crippen molar-refractivity contribution in [2.24, 2.45) is 17.6 Å². The predicted octanol–water partition coefficient (Wildman–Crippen LogP) is 3.93. The van der Waals surface area contributed by atoms with Gasteiger partial charge in [-0.2, -0.15) is 0 Å². The smallest absolute Gasteiger partial charge is 0.224 e. The zero-order chi connectivity index (χ0) is 15.1. The van der Waals surface area contributed by atoms with Crippen molar-refractivity contribution in [2.45, 2.75) is 33.1 Å². The summed E-state index contributed by atoms with van der Waals surface area (Å²) in [5, 5.41) is 2.78. The lowest BCUT2D eigenvalue weighted by atomic mass is 9.88. The predicted molar refractivity (Wildman–Crippen MR) is 84.0 cm³/mol. The van der Waals surface area contributed by atoms with E-state index in [1.807, 2.05) is 0 Å². The lowest BCUT2D eigenvalue weighted by Crippen LogP contribution is -2.18. The van der Waals surface area contributed by atoms with Gasteiger partial charge in [0.25, 0.3) is 0 Å². The monoisotopic (exact) mass is 344 g/mol. The lowest BCUT2D eigenvalue weighted by molar-refractivity contribution is -0.116. The molecule has 0 aliphatic heterocycles. The summed E-state index contributed by atoms with van der Waals surface area (Å²) in [7, 11) is 0. The summed E-state index contributed by atoms with van der Waals surface area (Å²) >= 11 is 3.10. The summed E-state index contributed by atoms with van der Waals surface area (Å²) in [5.74, 6) is 0.592. The highest BCUT2D eigenvalue weighted by molar-refractivity contribution is 9.10. The molecule has 1 aromatic rings. The number of rotatable bonds is 7. The molecule has 3 nitrogen and oxygen atoms in total. The van der Waals surface area contributed by atoms with Crippen molar-refractivity contribution in [1.82, 2.24) is 0 Å². The number of anilines is 1. The fourth-order valence-electron chi connectivity index (χ4n) is 2.14. The zero-order valence-corrected chi connectivity index (χ0v) is 13.5. The standard InChI is InChI=1S/C15H22BrFN2O/c1-10(2)11(7-8-18)3-6-15(20)19-12-4-5-14(17)13(16)9-12/h4-5,9-11H,3,6-8,18H2,1-2H3,(H,19,20). The highest BCUT2D eigenvalue weighted by Crippen LogP contribution is 2.22. The van der Waals surface area contributed by atoms with Crippen LogP contribution in [0.25, 0.3) is 0 Å². The van der Waals surface area contributed by atoms with Gasteiger partial charge in [-0.05, 0) is 65.4 Å². The van der Waals surface area contributed by atoms with Crippen molar-refractivity contribution in [2.75, 3.05) is 11.9 Å². The molecular formula is C15H22BrFN2O. The molecule has 0 fully saturated rings. The molecule has 20 heavy (non-hydrogen) atoms. The fourth-order valence-corrected chi connectivity index (χ4v) is 2.52. The normalized spacial score (nSPS) is 12.5. The van der Waals surface area contributed by atoms with Gasteiger partial charge in [0, 0.05) is 12.1 Å². The van der Waals surface area contributed by atoms with Gasteiger partial charge in [-0.3, -0.25) is 4.79 Å². The minimum absolute atomic E-state index is 0.0498. The van der Waals surface area contributed by atoms with Crippen LogP contribution in [0.4, 0.5) is 10.1 Å². The van der Waals surface area contributed by atoms with Gasteiger partial charge in [0.15, 0.2) is 0 Å².